The molecule has 5 nitrogen and oxygen atoms in total. The molecule has 3 fully saturated rings. The van der Waals surface area contributed by atoms with E-state index >= 15 is 0 Å². The molecule has 1 aromatic rings. The summed E-state index contributed by atoms with van der Waals surface area (Å²) in [6.07, 6.45) is 13.3. The van der Waals surface area contributed by atoms with Gasteiger partial charge < -0.3 is 14.8 Å². The average Bonchev–Trinajstić information content (AvgIpc) is 3.37. The molecule has 3 saturated carbocycles. The number of benzene rings is 1. The largest absolute Gasteiger partial charge is 0.446 e. The molecule has 1 N–H and O–H groups in total. The number of hydrogen-bond acceptors (Lipinski definition) is 4. The Morgan fingerprint density at radius 3 is 2.24 bits per heavy atom. The number of allylic oxidation sites excluding steroid dienone is 1. The number of carbonyl (C=O) groups excluding carboxylic acids is 2. The predicted molar refractivity (Wildman–Crippen MR) is 163 cm³/mol. The van der Waals surface area contributed by atoms with Crippen molar-refractivity contribution in [3.8, 4) is 5.75 Å². The fourth-order valence-corrected chi connectivity index (χ4v) is 9.91. The molecule has 0 bridgehead atoms. The van der Waals surface area contributed by atoms with Gasteiger partial charge in [0.2, 0.25) is 34.8 Å². The van der Waals surface area contributed by atoms with Crippen LogP contribution >= 0.6 is 0 Å². The molecule has 0 spiro atoms. The van der Waals surface area contributed by atoms with Gasteiger partial charge in [0, 0.05) is 6.42 Å². The Bertz CT molecular complexity index is 1340. The van der Waals surface area contributed by atoms with Crippen molar-refractivity contribution in [1.82, 2.24) is 5.32 Å². The third-order valence-corrected chi connectivity index (χ3v) is 12.3. The highest BCUT2D eigenvalue weighted by Crippen LogP contribution is 2.67. The number of esters is 1. The van der Waals surface area contributed by atoms with Gasteiger partial charge in [-0.2, -0.15) is 8.78 Å². The standard InChI is InChI=1S/C36H48F5NO4/c1-19(2)7-6-8-20(3)24-11-12-25-23-10-9-21-17-22(13-15-35(21,4)26(23)14-16-36(24,25)5)45-34(44)42-18-27(43)46-33-31(40)29(38)28(37)30(39)32(33)41/h9,19-20,22-26H,6-8,10-18H2,1-5H3,(H,42,44)/t20-,22+,23?,24-,25?,26?,35+,36-/m1/s1. The smallest absolute Gasteiger partial charge is 0.407 e. The molecule has 46 heavy (non-hydrogen) atoms. The number of nitrogens with one attached hydrogen (secondary N) is 1. The molecule has 3 unspecified atom stereocenters. The van der Waals surface area contributed by atoms with Gasteiger partial charge in [0.1, 0.15) is 12.6 Å². The molecular weight excluding hydrogens is 605 g/mol. The Labute approximate surface area is 269 Å². The van der Waals surface area contributed by atoms with E-state index in [0.717, 1.165) is 36.5 Å². The third kappa shape index (κ3) is 6.43. The van der Waals surface area contributed by atoms with E-state index in [1.165, 1.54) is 50.5 Å². The van der Waals surface area contributed by atoms with Gasteiger partial charge in [0.25, 0.3) is 0 Å². The number of fused-ring (bicyclic) bond motifs is 5. The monoisotopic (exact) mass is 653 g/mol. The molecule has 0 heterocycles. The summed E-state index contributed by atoms with van der Waals surface area (Å²) in [5.41, 5.74) is 1.78. The van der Waals surface area contributed by atoms with Crippen LogP contribution in [0.5, 0.6) is 5.75 Å². The van der Waals surface area contributed by atoms with Crippen molar-refractivity contribution in [3.63, 3.8) is 0 Å². The van der Waals surface area contributed by atoms with Crippen LogP contribution in [-0.4, -0.2) is 24.7 Å². The molecule has 8 atom stereocenters. The molecule has 10 heteroatoms. The predicted octanol–water partition coefficient (Wildman–Crippen LogP) is 9.42. The fraction of sp³-hybridized carbons (Fsp3) is 0.722. The van der Waals surface area contributed by atoms with Gasteiger partial charge >= 0.3 is 12.1 Å². The fourth-order valence-electron chi connectivity index (χ4n) is 9.91. The SMILES string of the molecule is CC(C)CCC[C@@H](C)[C@H]1CCC2C3CC=C4C[C@@H](OC(=O)NCC(=O)Oc5c(F)c(F)c(F)c(F)c5F)CC[C@]4(C)C3CC[C@@]21C. The Hall–Kier alpha value is -2.65. The van der Waals surface area contributed by atoms with E-state index in [-0.39, 0.29) is 5.41 Å². The zero-order chi connectivity index (χ0) is 33.6. The summed E-state index contributed by atoms with van der Waals surface area (Å²) in [5, 5.41) is 2.16. The maximum atomic E-state index is 13.8. The number of halogens is 5. The molecule has 5 rings (SSSR count). The van der Waals surface area contributed by atoms with E-state index < -0.39 is 59.5 Å². The topological polar surface area (TPSA) is 64.6 Å². The molecule has 1 amide bonds. The van der Waals surface area contributed by atoms with Crippen molar-refractivity contribution >= 4 is 12.1 Å². The van der Waals surface area contributed by atoms with Crippen molar-refractivity contribution in [3.05, 3.63) is 40.7 Å². The van der Waals surface area contributed by atoms with Gasteiger partial charge in [0.05, 0.1) is 0 Å². The van der Waals surface area contributed by atoms with Crippen LogP contribution in [-0.2, 0) is 9.53 Å². The molecule has 0 saturated heterocycles. The van der Waals surface area contributed by atoms with Crippen molar-refractivity contribution < 1.29 is 41.0 Å². The highest BCUT2D eigenvalue weighted by molar-refractivity contribution is 5.79. The second-order valence-corrected chi connectivity index (χ2v) is 15.3. The molecule has 4 aliphatic carbocycles. The maximum Gasteiger partial charge on any atom is 0.407 e. The average molecular weight is 654 g/mol. The molecule has 256 valence electrons. The zero-order valence-corrected chi connectivity index (χ0v) is 27.6. The highest BCUT2D eigenvalue weighted by atomic mass is 19.2. The second kappa shape index (κ2) is 13.5. The van der Waals surface area contributed by atoms with Crippen molar-refractivity contribution in [2.75, 3.05) is 6.54 Å². The lowest BCUT2D eigenvalue weighted by Gasteiger charge is -2.58. The Morgan fingerprint density at radius 2 is 1.57 bits per heavy atom. The van der Waals surface area contributed by atoms with Crippen molar-refractivity contribution in [2.24, 2.45) is 46.3 Å². The van der Waals surface area contributed by atoms with Crippen LogP contribution in [0.1, 0.15) is 105 Å². The number of hydrogen-bond donors (Lipinski definition) is 1. The summed E-state index contributed by atoms with van der Waals surface area (Å²) < 4.78 is 77.6. The Balaban J connectivity index is 1.15. The van der Waals surface area contributed by atoms with Crippen LogP contribution in [0.15, 0.2) is 11.6 Å². The van der Waals surface area contributed by atoms with Crippen LogP contribution in [0.4, 0.5) is 26.7 Å². The lowest BCUT2D eigenvalue weighted by Crippen LogP contribution is -2.51. The number of carbonyl (C=O) groups is 2. The van der Waals surface area contributed by atoms with Gasteiger partial charge in [-0.25, -0.2) is 22.8 Å². The summed E-state index contributed by atoms with van der Waals surface area (Å²) in [4.78, 5) is 24.5. The Morgan fingerprint density at radius 1 is 0.891 bits per heavy atom. The van der Waals surface area contributed by atoms with E-state index in [1.807, 2.05) is 0 Å². The second-order valence-electron chi connectivity index (χ2n) is 15.3. The van der Waals surface area contributed by atoms with E-state index in [9.17, 15) is 31.5 Å². The van der Waals surface area contributed by atoms with Crippen LogP contribution in [0.3, 0.4) is 0 Å². The maximum absolute atomic E-state index is 13.8. The summed E-state index contributed by atoms with van der Waals surface area (Å²) >= 11 is 0. The Kier molecular flexibility index (Phi) is 10.1. The number of amides is 1. The summed E-state index contributed by atoms with van der Waals surface area (Å²) in [5.74, 6) is -10.2. The van der Waals surface area contributed by atoms with E-state index in [2.05, 4.69) is 50.7 Å². The van der Waals surface area contributed by atoms with Gasteiger partial charge in [-0.3, -0.25) is 0 Å². The summed E-state index contributed by atoms with van der Waals surface area (Å²) in [6.45, 7) is 11.2. The third-order valence-electron chi connectivity index (χ3n) is 12.3. The minimum absolute atomic E-state index is 0.0548. The van der Waals surface area contributed by atoms with E-state index in [1.54, 1.807) is 0 Å². The molecule has 0 radical (unpaired) electrons. The molecular formula is C36H48F5NO4. The first-order chi connectivity index (χ1) is 21.7. The number of alkyl carbamates (subject to hydrolysis) is 1. The minimum Gasteiger partial charge on any atom is -0.446 e. The summed E-state index contributed by atoms with van der Waals surface area (Å²) in [7, 11) is 0. The first-order valence-electron chi connectivity index (χ1n) is 17.0. The number of ether oxygens (including phenoxy) is 2. The normalized spacial score (nSPS) is 32.6. The van der Waals surface area contributed by atoms with Gasteiger partial charge in [-0.05, 0) is 91.3 Å². The zero-order valence-electron chi connectivity index (χ0n) is 27.6. The van der Waals surface area contributed by atoms with Gasteiger partial charge in [-0.1, -0.05) is 65.5 Å². The first kappa shape index (κ1) is 34.7. The summed E-state index contributed by atoms with van der Waals surface area (Å²) in [6, 6.07) is 0. The lowest BCUT2D eigenvalue weighted by atomic mass is 9.47. The van der Waals surface area contributed by atoms with E-state index in [0.29, 0.717) is 30.1 Å². The van der Waals surface area contributed by atoms with Crippen LogP contribution < -0.4 is 10.1 Å². The van der Waals surface area contributed by atoms with Crippen LogP contribution in [0.2, 0.25) is 0 Å². The van der Waals surface area contributed by atoms with E-state index in [4.69, 9.17) is 4.74 Å². The highest BCUT2D eigenvalue weighted by Gasteiger charge is 2.59. The first-order valence-corrected chi connectivity index (χ1v) is 17.0. The van der Waals surface area contributed by atoms with Gasteiger partial charge in [-0.15, -0.1) is 0 Å². The lowest BCUT2D eigenvalue weighted by molar-refractivity contribution is -0.133. The van der Waals surface area contributed by atoms with Crippen molar-refractivity contribution in [1.29, 1.82) is 0 Å². The van der Waals surface area contributed by atoms with Crippen LogP contribution in [0.25, 0.3) is 0 Å². The molecule has 4 aliphatic rings. The molecule has 0 aliphatic heterocycles. The number of rotatable bonds is 9. The minimum atomic E-state index is -2.37. The quantitative estimate of drug-likeness (QED) is 0.0721. The molecule has 1 aromatic carbocycles. The molecule has 0 aromatic heterocycles. The van der Waals surface area contributed by atoms with Crippen LogP contribution in [0, 0.1) is 75.4 Å². The van der Waals surface area contributed by atoms with Gasteiger partial charge in [0.15, 0.2) is 0 Å². The van der Waals surface area contributed by atoms with Crippen molar-refractivity contribution in [2.45, 2.75) is 111 Å².